The third-order valence-electron chi connectivity index (χ3n) is 3.90. The molecular weight excluding hydrogens is 286 g/mol. The van der Waals surface area contributed by atoms with Crippen molar-refractivity contribution in [3.8, 4) is 0 Å². The Balaban J connectivity index is 1.99. The number of thioether (sulfide) groups is 1. The molecule has 0 aromatic carbocycles. The van der Waals surface area contributed by atoms with Crippen molar-refractivity contribution < 1.29 is 0 Å². The molecule has 2 rings (SSSR count). The molecule has 0 spiro atoms. The first-order valence-corrected chi connectivity index (χ1v) is 9.51. The van der Waals surface area contributed by atoms with Crippen molar-refractivity contribution in [3.63, 3.8) is 0 Å². The standard InChI is InChI=1S/C15H25N3S2/c1-19-13(5-6-15(16)17)12-7-10-20-14(12)11-18-8-3-2-4-9-18/h7,10,13H,2-6,8-9,11H2,1H3,(H3,16,17). The summed E-state index contributed by atoms with van der Waals surface area (Å²) in [6, 6.07) is 2.27. The Morgan fingerprint density at radius 1 is 1.45 bits per heavy atom. The second kappa shape index (κ2) is 8.05. The average Bonchev–Trinajstić information content (AvgIpc) is 2.89. The fraction of sp³-hybridized carbons (Fsp3) is 0.667. The zero-order chi connectivity index (χ0) is 14.4. The predicted molar refractivity (Wildman–Crippen MR) is 90.9 cm³/mol. The molecule has 1 atom stereocenters. The van der Waals surface area contributed by atoms with E-state index in [2.05, 4.69) is 22.6 Å². The second-order valence-electron chi connectivity index (χ2n) is 5.42. The van der Waals surface area contributed by atoms with Crippen molar-refractivity contribution in [2.75, 3.05) is 19.3 Å². The van der Waals surface area contributed by atoms with Gasteiger partial charge in [0.05, 0.1) is 5.84 Å². The molecule has 0 amide bonds. The number of thiophene rings is 1. The molecule has 1 fully saturated rings. The normalized spacial score (nSPS) is 18.1. The molecule has 1 aliphatic rings. The third kappa shape index (κ3) is 4.50. The molecular formula is C15H25N3S2. The molecule has 3 N–H and O–H groups in total. The van der Waals surface area contributed by atoms with Gasteiger partial charge in [0.15, 0.2) is 0 Å². The van der Waals surface area contributed by atoms with Crippen LogP contribution in [0.4, 0.5) is 0 Å². The van der Waals surface area contributed by atoms with Crippen molar-refractivity contribution in [1.29, 1.82) is 5.41 Å². The summed E-state index contributed by atoms with van der Waals surface area (Å²) in [6.07, 6.45) is 7.91. The Morgan fingerprint density at radius 3 is 2.85 bits per heavy atom. The van der Waals surface area contributed by atoms with Crippen LogP contribution in [0.2, 0.25) is 0 Å². The van der Waals surface area contributed by atoms with E-state index >= 15 is 0 Å². The van der Waals surface area contributed by atoms with Gasteiger partial charge in [0.2, 0.25) is 0 Å². The minimum Gasteiger partial charge on any atom is -0.388 e. The Morgan fingerprint density at radius 2 is 2.20 bits per heavy atom. The van der Waals surface area contributed by atoms with Gasteiger partial charge in [0.25, 0.3) is 0 Å². The van der Waals surface area contributed by atoms with Gasteiger partial charge in [-0.15, -0.1) is 11.3 Å². The van der Waals surface area contributed by atoms with E-state index in [9.17, 15) is 0 Å². The second-order valence-corrected chi connectivity index (χ2v) is 7.47. The highest BCUT2D eigenvalue weighted by Crippen LogP contribution is 2.36. The van der Waals surface area contributed by atoms with E-state index in [1.165, 1.54) is 42.8 Å². The summed E-state index contributed by atoms with van der Waals surface area (Å²) in [6.45, 7) is 3.59. The number of hydrogen-bond donors (Lipinski definition) is 2. The van der Waals surface area contributed by atoms with Crippen LogP contribution in [0, 0.1) is 5.41 Å². The lowest BCUT2D eigenvalue weighted by atomic mass is 10.1. The number of likely N-dealkylation sites (tertiary alicyclic amines) is 1. The van der Waals surface area contributed by atoms with E-state index < -0.39 is 0 Å². The molecule has 0 bridgehead atoms. The first-order valence-electron chi connectivity index (χ1n) is 7.35. The molecule has 1 aromatic rings. The highest BCUT2D eigenvalue weighted by Gasteiger charge is 2.18. The average molecular weight is 312 g/mol. The van der Waals surface area contributed by atoms with Gasteiger partial charge in [-0.2, -0.15) is 11.8 Å². The smallest absolute Gasteiger partial charge is 0.0905 e. The van der Waals surface area contributed by atoms with Crippen molar-refractivity contribution in [3.05, 3.63) is 21.9 Å². The number of nitrogens with zero attached hydrogens (tertiary/aromatic N) is 1. The number of piperidine rings is 1. The van der Waals surface area contributed by atoms with Crippen molar-refractivity contribution in [2.24, 2.45) is 5.73 Å². The highest BCUT2D eigenvalue weighted by molar-refractivity contribution is 7.98. The Kier molecular flexibility index (Phi) is 6.39. The van der Waals surface area contributed by atoms with Crippen LogP contribution in [-0.4, -0.2) is 30.1 Å². The maximum Gasteiger partial charge on any atom is 0.0905 e. The maximum atomic E-state index is 7.41. The van der Waals surface area contributed by atoms with E-state index in [0.29, 0.717) is 17.5 Å². The lowest BCUT2D eigenvalue weighted by Crippen LogP contribution is -2.29. The van der Waals surface area contributed by atoms with E-state index in [-0.39, 0.29) is 0 Å². The highest BCUT2D eigenvalue weighted by atomic mass is 32.2. The molecule has 2 heterocycles. The van der Waals surface area contributed by atoms with E-state index in [1.807, 2.05) is 23.1 Å². The molecule has 1 saturated heterocycles. The summed E-state index contributed by atoms with van der Waals surface area (Å²) in [5.41, 5.74) is 6.97. The molecule has 0 aliphatic carbocycles. The van der Waals surface area contributed by atoms with Gasteiger partial charge in [-0.25, -0.2) is 0 Å². The number of amidine groups is 1. The van der Waals surface area contributed by atoms with Crippen molar-refractivity contribution >= 4 is 28.9 Å². The van der Waals surface area contributed by atoms with E-state index in [0.717, 1.165) is 13.0 Å². The van der Waals surface area contributed by atoms with Crippen molar-refractivity contribution in [2.45, 2.75) is 43.9 Å². The lowest BCUT2D eigenvalue weighted by Gasteiger charge is -2.27. The molecule has 1 unspecified atom stereocenters. The summed E-state index contributed by atoms with van der Waals surface area (Å²) in [4.78, 5) is 4.09. The summed E-state index contributed by atoms with van der Waals surface area (Å²) in [7, 11) is 0. The van der Waals surface area contributed by atoms with Gasteiger partial charge < -0.3 is 5.73 Å². The minimum atomic E-state index is 0.303. The van der Waals surface area contributed by atoms with Gasteiger partial charge in [-0.3, -0.25) is 10.3 Å². The van der Waals surface area contributed by atoms with Crippen LogP contribution in [0.25, 0.3) is 0 Å². The largest absolute Gasteiger partial charge is 0.388 e. The number of rotatable bonds is 7. The molecule has 0 radical (unpaired) electrons. The van der Waals surface area contributed by atoms with Crippen molar-refractivity contribution in [1.82, 2.24) is 4.90 Å². The quantitative estimate of drug-likeness (QED) is 0.594. The van der Waals surface area contributed by atoms with E-state index in [4.69, 9.17) is 11.1 Å². The van der Waals surface area contributed by atoms with Gasteiger partial charge in [0, 0.05) is 23.1 Å². The predicted octanol–water partition coefficient (Wildman–Crippen LogP) is 3.85. The summed E-state index contributed by atoms with van der Waals surface area (Å²) in [5, 5.41) is 10.1. The van der Waals surface area contributed by atoms with E-state index in [1.54, 1.807) is 0 Å². The monoisotopic (exact) mass is 311 g/mol. The van der Waals surface area contributed by atoms with Crippen LogP contribution < -0.4 is 5.73 Å². The SMILES string of the molecule is CSC(CCC(=N)N)c1ccsc1CN1CCCCC1. The Hall–Kier alpha value is -0.520. The molecule has 0 saturated carbocycles. The topological polar surface area (TPSA) is 53.1 Å². The molecule has 1 aromatic heterocycles. The summed E-state index contributed by atoms with van der Waals surface area (Å²) < 4.78 is 0. The molecule has 1 aliphatic heterocycles. The Labute approximate surface area is 130 Å². The summed E-state index contributed by atoms with van der Waals surface area (Å²) in [5.74, 6) is 0.303. The lowest BCUT2D eigenvalue weighted by molar-refractivity contribution is 0.222. The van der Waals surface area contributed by atoms with Crippen LogP contribution in [-0.2, 0) is 6.54 Å². The Bertz CT molecular complexity index is 425. The van der Waals surface area contributed by atoms with Crippen LogP contribution in [0.3, 0.4) is 0 Å². The number of hydrogen-bond acceptors (Lipinski definition) is 4. The fourth-order valence-electron chi connectivity index (χ4n) is 2.77. The zero-order valence-corrected chi connectivity index (χ0v) is 13.9. The molecule has 112 valence electrons. The number of nitrogens with one attached hydrogen (secondary N) is 1. The molecule has 20 heavy (non-hydrogen) atoms. The van der Waals surface area contributed by atoms with Gasteiger partial charge in [-0.1, -0.05) is 6.42 Å². The number of nitrogens with two attached hydrogens (primary N) is 1. The first kappa shape index (κ1) is 15.9. The third-order valence-corrected chi connectivity index (χ3v) is 5.88. The van der Waals surface area contributed by atoms with Crippen LogP contribution in [0.5, 0.6) is 0 Å². The summed E-state index contributed by atoms with van der Waals surface area (Å²) >= 11 is 3.76. The fourth-order valence-corrected chi connectivity index (χ4v) is 4.66. The van der Waals surface area contributed by atoms with Gasteiger partial charge >= 0.3 is 0 Å². The molecule has 3 nitrogen and oxygen atoms in total. The van der Waals surface area contributed by atoms with Crippen LogP contribution >= 0.6 is 23.1 Å². The van der Waals surface area contributed by atoms with Crippen LogP contribution in [0.1, 0.15) is 47.8 Å². The molecule has 5 heteroatoms. The first-order chi connectivity index (χ1) is 9.70. The van der Waals surface area contributed by atoms with Gasteiger partial charge in [0.1, 0.15) is 0 Å². The minimum absolute atomic E-state index is 0.303. The van der Waals surface area contributed by atoms with Gasteiger partial charge in [-0.05, 0) is 55.6 Å². The maximum absolute atomic E-state index is 7.41. The van der Waals surface area contributed by atoms with Crippen LogP contribution in [0.15, 0.2) is 11.4 Å². The zero-order valence-electron chi connectivity index (χ0n) is 12.2.